The van der Waals surface area contributed by atoms with E-state index in [1.807, 2.05) is 48.2 Å². The van der Waals surface area contributed by atoms with Crippen molar-refractivity contribution in [3.05, 3.63) is 70.0 Å². The van der Waals surface area contributed by atoms with Crippen LogP contribution in [0.5, 0.6) is 5.75 Å². The standard InChI is InChI=1S/C22H22ClN3O2/c1-14-9-10-20(28-3)21-18(14)8-5-11-25(21)22(27)19-13-24-26(15(19)2)17-7-4-6-16(23)12-17/h4,6-7,9-10,12-13H,5,8,11H2,1-3H3. The van der Waals surface area contributed by atoms with Gasteiger partial charge < -0.3 is 9.64 Å². The van der Waals surface area contributed by atoms with Crippen molar-refractivity contribution < 1.29 is 9.53 Å². The van der Waals surface area contributed by atoms with Gasteiger partial charge in [0, 0.05) is 11.6 Å². The van der Waals surface area contributed by atoms with E-state index in [2.05, 4.69) is 12.0 Å². The Morgan fingerprint density at radius 1 is 1.21 bits per heavy atom. The zero-order chi connectivity index (χ0) is 19.8. The molecule has 28 heavy (non-hydrogen) atoms. The Labute approximate surface area is 169 Å². The van der Waals surface area contributed by atoms with Gasteiger partial charge >= 0.3 is 0 Å². The molecule has 144 valence electrons. The van der Waals surface area contributed by atoms with Crippen LogP contribution in [0.1, 0.15) is 33.6 Å². The van der Waals surface area contributed by atoms with Crippen LogP contribution >= 0.6 is 11.6 Å². The van der Waals surface area contributed by atoms with Crippen molar-refractivity contribution in [3.63, 3.8) is 0 Å². The molecule has 1 aliphatic rings. The summed E-state index contributed by atoms with van der Waals surface area (Å²) in [6, 6.07) is 11.4. The summed E-state index contributed by atoms with van der Waals surface area (Å²) >= 11 is 6.11. The van der Waals surface area contributed by atoms with Crippen LogP contribution in [-0.4, -0.2) is 29.3 Å². The third-order valence-corrected chi connectivity index (χ3v) is 5.55. The SMILES string of the molecule is COc1ccc(C)c2c1N(C(=O)c1cnn(-c3cccc(Cl)c3)c1C)CCC2. The molecule has 0 atom stereocenters. The average Bonchev–Trinajstić information content (AvgIpc) is 3.09. The minimum atomic E-state index is -0.0596. The molecule has 1 aliphatic heterocycles. The fraction of sp³-hybridized carbons (Fsp3) is 0.273. The molecule has 6 heteroatoms. The number of aromatic nitrogens is 2. The Morgan fingerprint density at radius 2 is 2.04 bits per heavy atom. The molecular weight excluding hydrogens is 374 g/mol. The Hall–Kier alpha value is -2.79. The van der Waals surface area contributed by atoms with Crippen molar-refractivity contribution in [2.75, 3.05) is 18.6 Å². The first kappa shape index (κ1) is 18.6. The van der Waals surface area contributed by atoms with Crippen LogP contribution < -0.4 is 9.64 Å². The highest BCUT2D eigenvalue weighted by Crippen LogP contribution is 2.39. The lowest BCUT2D eigenvalue weighted by Gasteiger charge is -2.32. The molecule has 3 aromatic rings. The van der Waals surface area contributed by atoms with Gasteiger partial charge in [-0.3, -0.25) is 4.79 Å². The van der Waals surface area contributed by atoms with Crippen molar-refractivity contribution in [1.29, 1.82) is 0 Å². The molecule has 0 N–H and O–H groups in total. The van der Waals surface area contributed by atoms with Gasteiger partial charge in [0.15, 0.2) is 0 Å². The molecular formula is C22H22ClN3O2. The molecule has 0 radical (unpaired) electrons. The zero-order valence-electron chi connectivity index (χ0n) is 16.2. The maximum atomic E-state index is 13.5. The monoisotopic (exact) mass is 395 g/mol. The Morgan fingerprint density at radius 3 is 2.79 bits per heavy atom. The van der Waals surface area contributed by atoms with Crippen LogP contribution in [-0.2, 0) is 6.42 Å². The van der Waals surface area contributed by atoms with Gasteiger partial charge in [-0.15, -0.1) is 0 Å². The summed E-state index contributed by atoms with van der Waals surface area (Å²) in [4.78, 5) is 15.3. The van der Waals surface area contributed by atoms with Crippen LogP contribution in [0.25, 0.3) is 5.69 Å². The number of anilines is 1. The van der Waals surface area contributed by atoms with Gasteiger partial charge in [-0.05, 0) is 62.1 Å². The summed E-state index contributed by atoms with van der Waals surface area (Å²) in [5.74, 6) is 0.671. The number of carbonyl (C=O) groups excluding carboxylic acids is 1. The number of fused-ring (bicyclic) bond motifs is 1. The Balaban J connectivity index is 1.76. The van der Waals surface area contributed by atoms with E-state index in [4.69, 9.17) is 16.3 Å². The number of hydrogen-bond donors (Lipinski definition) is 0. The van der Waals surface area contributed by atoms with Crippen molar-refractivity contribution in [2.45, 2.75) is 26.7 Å². The van der Waals surface area contributed by atoms with Crippen molar-refractivity contribution in [1.82, 2.24) is 9.78 Å². The molecule has 5 nitrogen and oxygen atoms in total. The predicted octanol–water partition coefficient (Wildman–Crippen LogP) is 4.74. The predicted molar refractivity (Wildman–Crippen MR) is 111 cm³/mol. The van der Waals surface area contributed by atoms with Gasteiger partial charge in [-0.1, -0.05) is 23.7 Å². The number of amides is 1. The number of carbonyl (C=O) groups is 1. The molecule has 0 aliphatic carbocycles. The van der Waals surface area contributed by atoms with E-state index in [9.17, 15) is 4.79 Å². The minimum Gasteiger partial charge on any atom is -0.495 e. The summed E-state index contributed by atoms with van der Waals surface area (Å²) < 4.78 is 7.32. The fourth-order valence-electron chi connectivity index (χ4n) is 3.85. The van der Waals surface area contributed by atoms with Crippen LogP contribution in [0.15, 0.2) is 42.6 Å². The number of aryl methyl sites for hydroxylation is 1. The molecule has 0 unspecified atom stereocenters. The molecule has 1 aromatic heterocycles. The van der Waals surface area contributed by atoms with Gasteiger partial charge in [0.05, 0.1) is 35.9 Å². The summed E-state index contributed by atoms with van der Waals surface area (Å²) in [6.07, 6.45) is 3.51. The van der Waals surface area contributed by atoms with Gasteiger partial charge in [0.1, 0.15) is 5.75 Å². The van der Waals surface area contributed by atoms with E-state index < -0.39 is 0 Å². The summed E-state index contributed by atoms with van der Waals surface area (Å²) in [6.45, 7) is 4.64. The second kappa shape index (κ2) is 7.32. The first-order valence-corrected chi connectivity index (χ1v) is 9.68. The molecule has 2 heterocycles. The van der Waals surface area contributed by atoms with E-state index in [1.165, 1.54) is 11.1 Å². The smallest absolute Gasteiger partial charge is 0.261 e. The number of halogens is 1. The molecule has 0 saturated carbocycles. The topological polar surface area (TPSA) is 47.4 Å². The second-order valence-corrected chi connectivity index (χ2v) is 7.44. The highest BCUT2D eigenvalue weighted by atomic mass is 35.5. The third kappa shape index (κ3) is 3.06. The van der Waals surface area contributed by atoms with Gasteiger partial charge in [-0.25, -0.2) is 4.68 Å². The van der Waals surface area contributed by atoms with Crippen molar-refractivity contribution >= 4 is 23.2 Å². The molecule has 1 amide bonds. The van der Waals surface area contributed by atoms with Gasteiger partial charge in [0.2, 0.25) is 0 Å². The number of rotatable bonds is 3. The van der Waals surface area contributed by atoms with Crippen LogP contribution in [0, 0.1) is 13.8 Å². The first-order chi connectivity index (χ1) is 13.5. The molecule has 0 spiro atoms. The average molecular weight is 396 g/mol. The second-order valence-electron chi connectivity index (χ2n) is 7.01. The quantitative estimate of drug-likeness (QED) is 0.643. The summed E-state index contributed by atoms with van der Waals surface area (Å²) in [5, 5.41) is 5.07. The number of ether oxygens (including phenoxy) is 1. The Kier molecular flexibility index (Phi) is 4.85. The molecule has 0 bridgehead atoms. The third-order valence-electron chi connectivity index (χ3n) is 5.32. The summed E-state index contributed by atoms with van der Waals surface area (Å²) in [5.41, 5.74) is 5.44. The van der Waals surface area contributed by atoms with Crippen LogP contribution in [0.3, 0.4) is 0 Å². The number of nitrogens with zero attached hydrogens (tertiary/aromatic N) is 3. The maximum absolute atomic E-state index is 13.5. The van der Waals surface area contributed by atoms with E-state index in [1.54, 1.807) is 18.0 Å². The van der Waals surface area contributed by atoms with E-state index in [0.29, 0.717) is 17.1 Å². The molecule has 0 saturated heterocycles. The lowest BCUT2D eigenvalue weighted by molar-refractivity contribution is 0.0983. The van der Waals surface area contributed by atoms with Crippen molar-refractivity contribution in [2.24, 2.45) is 0 Å². The molecule has 2 aromatic carbocycles. The van der Waals surface area contributed by atoms with E-state index in [-0.39, 0.29) is 5.91 Å². The summed E-state index contributed by atoms with van der Waals surface area (Å²) in [7, 11) is 1.64. The highest BCUT2D eigenvalue weighted by molar-refractivity contribution is 6.30. The number of benzene rings is 2. The molecule has 0 fully saturated rings. The van der Waals surface area contributed by atoms with E-state index >= 15 is 0 Å². The Bertz CT molecular complexity index is 1060. The number of hydrogen-bond acceptors (Lipinski definition) is 3. The lowest BCUT2D eigenvalue weighted by atomic mass is 9.95. The van der Waals surface area contributed by atoms with Crippen LogP contribution in [0.4, 0.5) is 5.69 Å². The van der Waals surface area contributed by atoms with Gasteiger partial charge in [-0.2, -0.15) is 5.10 Å². The van der Waals surface area contributed by atoms with Gasteiger partial charge in [0.25, 0.3) is 5.91 Å². The van der Waals surface area contributed by atoms with E-state index in [0.717, 1.165) is 35.7 Å². The normalized spacial score (nSPS) is 13.4. The minimum absolute atomic E-state index is 0.0596. The highest BCUT2D eigenvalue weighted by Gasteiger charge is 2.30. The first-order valence-electron chi connectivity index (χ1n) is 9.30. The lowest BCUT2D eigenvalue weighted by Crippen LogP contribution is -2.36. The fourth-order valence-corrected chi connectivity index (χ4v) is 4.04. The number of methoxy groups -OCH3 is 1. The van der Waals surface area contributed by atoms with Crippen molar-refractivity contribution in [3.8, 4) is 11.4 Å². The molecule has 4 rings (SSSR count). The largest absolute Gasteiger partial charge is 0.495 e. The van der Waals surface area contributed by atoms with Crippen LogP contribution in [0.2, 0.25) is 5.02 Å². The maximum Gasteiger partial charge on any atom is 0.261 e. The zero-order valence-corrected chi connectivity index (χ0v) is 17.0.